The Morgan fingerprint density at radius 1 is 1.47 bits per heavy atom. The molecule has 15 heavy (non-hydrogen) atoms. The van der Waals surface area contributed by atoms with Gasteiger partial charge in [0.15, 0.2) is 5.00 Å². The number of hydrogen-bond acceptors (Lipinski definition) is 2. The van der Waals surface area contributed by atoms with Gasteiger partial charge in [-0.25, -0.2) is 0 Å². The minimum atomic E-state index is -0.788. The second-order valence-corrected chi connectivity index (χ2v) is 4.46. The average Bonchev–Trinajstić information content (AvgIpc) is 2.17. The van der Waals surface area contributed by atoms with Crippen LogP contribution in [0.4, 0.5) is 0 Å². The van der Waals surface area contributed by atoms with Crippen LogP contribution in [0.2, 0.25) is 0 Å². The van der Waals surface area contributed by atoms with Gasteiger partial charge in [0.25, 0.3) is 0 Å². The number of dihydropyridines is 1. The number of pyridine rings is 1. The Bertz CT molecular complexity index is 425. The van der Waals surface area contributed by atoms with Crippen molar-refractivity contribution in [2.45, 2.75) is 11.9 Å². The van der Waals surface area contributed by atoms with E-state index in [1.165, 1.54) is 0 Å². The summed E-state index contributed by atoms with van der Waals surface area (Å²) in [5, 5.41) is 3.55. The molecule has 0 aromatic carbocycles. The van der Waals surface area contributed by atoms with E-state index in [1.807, 2.05) is 31.2 Å². The van der Waals surface area contributed by atoms with E-state index in [-0.39, 0.29) is 0 Å². The van der Waals surface area contributed by atoms with E-state index in [0.29, 0.717) is 5.16 Å². The molecule has 0 spiro atoms. The highest BCUT2D eigenvalue weighted by Crippen LogP contribution is 2.33. The van der Waals surface area contributed by atoms with Crippen molar-refractivity contribution in [2.24, 2.45) is 0 Å². The summed E-state index contributed by atoms with van der Waals surface area (Å²) in [4.78, 5) is 3.25. The molecular formula is C11H10Cl2N2. The van der Waals surface area contributed by atoms with Gasteiger partial charge >= 0.3 is 0 Å². The van der Waals surface area contributed by atoms with E-state index in [4.69, 9.17) is 23.2 Å². The van der Waals surface area contributed by atoms with Crippen LogP contribution in [-0.2, 0) is 5.00 Å². The number of rotatable bonds is 1. The highest BCUT2D eigenvalue weighted by atomic mass is 35.5. The molecular weight excluding hydrogens is 231 g/mol. The van der Waals surface area contributed by atoms with Crippen LogP contribution in [0.1, 0.15) is 12.5 Å². The van der Waals surface area contributed by atoms with Gasteiger partial charge in [0, 0.05) is 18.0 Å². The summed E-state index contributed by atoms with van der Waals surface area (Å²) in [7, 11) is 0. The molecule has 1 aliphatic heterocycles. The largest absolute Gasteiger partial charge is 0.350 e. The number of aromatic nitrogens is 1. The molecule has 1 aromatic heterocycles. The quantitative estimate of drug-likeness (QED) is 0.603. The minimum absolute atomic E-state index is 0.536. The Kier molecular flexibility index (Phi) is 2.72. The first kappa shape index (κ1) is 10.5. The predicted molar refractivity (Wildman–Crippen MR) is 62.6 cm³/mol. The fraction of sp³-hybridized carbons (Fsp3) is 0.182. The molecule has 0 amide bonds. The first-order chi connectivity index (χ1) is 7.10. The molecule has 1 aliphatic rings. The monoisotopic (exact) mass is 240 g/mol. The molecule has 78 valence electrons. The normalized spacial score (nSPS) is 25.3. The number of alkyl halides is 1. The van der Waals surface area contributed by atoms with Crippen molar-refractivity contribution in [3.63, 3.8) is 0 Å². The topological polar surface area (TPSA) is 24.9 Å². The summed E-state index contributed by atoms with van der Waals surface area (Å²) >= 11 is 12.4. The molecule has 0 saturated carbocycles. The molecule has 1 N–H and O–H groups in total. The fourth-order valence-corrected chi connectivity index (χ4v) is 2.29. The lowest BCUT2D eigenvalue weighted by atomic mass is 10.0. The van der Waals surface area contributed by atoms with E-state index < -0.39 is 5.00 Å². The summed E-state index contributed by atoms with van der Waals surface area (Å²) in [6.07, 6.45) is 7.18. The van der Waals surface area contributed by atoms with Crippen LogP contribution in [-0.4, -0.2) is 4.98 Å². The third kappa shape index (κ3) is 2.16. The number of halogens is 2. The lowest BCUT2D eigenvalue weighted by Gasteiger charge is -2.29. The molecule has 1 aromatic rings. The lowest BCUT2D eigenvalue weighted by molar-refractivity contribution is 0.647. The van der Waals surface area contributed by atoms with Crippen LogP contribution in [0.25, 0.3) is 0 Å². The second kappa shape index (κ2) is 3.87. The standard InChI is InChI=1S/C11H10Cl2N2/c1-8-5-10(12)15-11(13,6-8)9-3-2-4-14-7-9/h2-7,15H,1H3. The summed E-state index contributed by atoms with van der Waals surface area (Å²) in [5.41, 5.74) is 1.90. The van der Waals surface area contributed by atoms with E-state index >= 15 is 0 Å². The minimum Gasteiger partial charge on any atom is -0.350 e. The van der Waals surface area contributed by atoms with Gasteiger partial charge in [-0.2, -0.15) is 0 Å². The first-order valence-corrected chi connectivity index (χ1v) is 5.30. The Morgan fingerprint density at radius 3 is 2.87 bits per heavy atom. The summed E-state index contributed by atoms with van der Waals surface area (Å²) in [5.74, 6) is 0. The maximum Gasteiger partial charge on any atom is 0.159 e. The molecule has 2 rings (SSSR count). The zero-order valence-electron chi connectivity index (χ0n) is 8.17. The maximum absolute atomic E-state index is 6.44. The Labute approximate surface area is 98.6 Å². The molecule has 2 heterocycles. The zero-order chi connectivity index (χ0) is 10.9. The van der Waals surface area contributed by atoms with Gasteiger partial charge < -0.3 is 5.32 Å². The number of allylic oxidation sites excluding steroid dienone is 2. The number of nitrogens with zero attached hydrogens (tertiary/aromatic N) is 1. The first-order valence-electron chi connectivity index (χ1n) is 4.54. The third-order valence-electron chi connectivity index (χ3n) is 2.16. The van der Waals surface area contributed by atoms with Crippen LogP contribution in [0, 0.1) is 0 Å². The fourth-order valence-electron chi connectivity index (χ4n) is 1.53. The van der Waals surface area contributed by atoms with Crippen molar-refractivity contribution in [1.82, 2.24) is 10.3 Å². The SMILES string of the molecule is CC1=CC(Cl)(c2cccnc2)NC(Cl)=C1. The molecule has 1 atom stereocenters. The van der Waals surface area contributed by atoms with Gasteiger partial charge in [0.2, 0.25) is 0 Å². The van der Waals surface area contributed by atoms with Crippen molar-refractivity contribution in [1.29, 1.82) is 0 Å². The van der Waals surface area contributed by atoms with E-state index in [2.05, 4.69) is 10.3 Å². The Morgan fingerprint density at radius 2 is 2.27 bits per heavy atom. The van der Waals surface area contributed by atoms with Crippen molar-refractivity contribution >= 4 is 23.2 Å². The molecule has 1 unspecified atom stereocenters. The van der Waals surface area contributed by atoms with Gasteiger partial charge in [-0.05, 0) is 30.7 Å². The third-order valence-corrected chi connectivity index (χ3v) is 2.79. The van der Waals surface area contributed by atoms with Gasteiger partial charge in [0.05, 0.1) is 0 Å². The van der Waals surface area contributed by atoms with Gasteiger partial charge in [-0.15, -0.1) is 0 Å². The van der Waals surface area contributed by atoms with Crippen molar-refractivity contribution < 1.29 is 0 Å². The Balaban J connectivity index is 2.42. The molecule has 0 saturated heterocycles. The Hall–Kier alpha value is -0.990. The summed E-state index contributed by atoms with van der Waals surface area (Å²) in [6.45, 7) is 1.96. The van der Waals surface area contributed by atoms with Gasteiger partial charge in [0.1, 0.15) is 5.16 Å². The molecule has 2 nitrogen and oxygen atoms in total. The molecule has 0 bridgehead atoms. The molecule has 0 fully saturated rings. The van der Waals surface area contributed by atoms with Crippen molar-refractivity contribution in [2.75, 3.05) is 0 Å². The van der Waals surface area contributed by atoms with Crippen molar-refractivity contribution in [3.8, 4) is 0 Å². The number of hydrogen-bond donors (Lipinski definition) is 1. The maximum atomic E-state index is 6.44. The lowest BCUT2D eigenvalue weighted by Crippen LogP contribution is -2.35. The highest BCUT2D eigenvalue weighted by Gasteiger charge is 2.29. The smallest absolute Gasteiger partial charge is 0.159 e. The summed E-state index contributed by atoms with van der Waals surface area (Å²) < 4.78 is 0. The number of nitrogens with one attached hydrogen (secondary N) is 1. The molecule has 4 heteroatoms. The van der Waals surface area contributed by atoms with Crippen LogP contribution >= 0.6 is 23.2 Å². The molecule has 0 radical (unpaired) electrons. The van der Waals surface area contributed by atoms with E-state index in [0.717, 1.165) is 11.1 Å². The van der Waals surface area contributed by atoms with Gasteiger partial charge in [-0.1, -0.05) is 29.3 Å². The summed E-state index contributed by atoms with van der Waals surface area (Å²) in [6, 6.07) is 3.75. The van der Waals surface area contributed by atoms with Crippen LogP contribution < -0.4 is 5.32 Å². The average molecular weight is 241 g/mol. The second-order valence-electron chi connectivity index (χ2n) is 3.46. The highest BCUT2D eigenvalue weighted by molar-refractivity contribution is 6.31. The van der Waals surface area contributed by atoms with E-state index in [9.17, 15) is 0 Å². The predicted octanol–water partition coefficient (Wildman–Crippen LogP) is 3.10. The van der Waals surface area contributed by atoms with Crippen molar-refractivity contribution in [3.05, 3.63) is 53.0 Å². The van der Waals surface area contributed by atoms with Crippen LogP contribution in [0.3, 0.4) is 0 Å². The van der Waals surface area contributed by atoms with Gasteiger partial charge in [-0.3, -0.25) is 4.98 Å². The zero-order valence-corrected chi connectivity index (χ0v) is 9.68. The van der Waals surface area contributed by atoms with E-state index in [1.54, 1.807) is 12.4 Å². The molecule has 0 aliphatic carbocycles. The van der Waals surface area contributed by atoms with Crippen LogP contribution in [0.15, 0.2) is 47.4 Å². The van der Waals surface area contributed by atoms with Crippen LogP contribution in [0.5, 0.6) is 0 Å².